The SMILES string of the molecule is Cn1c(=O)c2nc(Br)n(CC(=O)NC(=O)NCC(F)(F)F)c2n(C)c1=O. The summed E-state index contributed by atoms with van der Waals surface area (Å²) in [6, 6.07) is -1.34. The zero-order chi connectivity index (χ0) is 19.8. The van der Waals surface area contributed by atoms with Crippen molar-refractivity contribution in [2.24, 2.45) is 14.1 Å². The molecular weight excluding hydrogens is 429 g/mol. The number of hydrogen-bond donors (Lipinski definition) is 2. The van der Waals surface area contributed by atoms with Crippen molar-refractivity contribution in [1.82, 2.24) is 29.3 Å². The molecule has 2 rings (SSSR count). The average Bonchev–Trinajstić information content (AvgIpc) is 2.85. The van der Waals surface area contributed by atoms with Crippen LogP contribution in [0.1, 0.15) is 0 Å². The van der Waals surface area contributed by atoms with Crippen molar-refractivity contribution in [3.63, 3.8) is 0 Å². The highest BCUT2D eigenvalue weighted by molar-refractivity contribution is 9.10. The minimum absolute atomic E-state index is 0.0100. The van der Waals surface area contributed by atoms with Gasteiger partial charge in [-0.15, -0.1) is 0 Å². The van der Waals surface area contributed by atoms with Gasteiger partial charge in [-0.3, -0.25) is 28.6 Å². The summed E-state index contributed by atoms with van der Waals surface area (Å²) in [5, 5.41) is 3.19. The van der Waals surface area contributed by atoms with Gasteiger partial charge in [0.05, 0.1) is 0 Å². The lowest BCUT2D eigenvalue weighted by molar-refractivity contribution is -0.124. The second-order valence-electron chi connectivity index (χ2n) is 5.19. The van der Waals surface area contributed by atoms with Crippen LogP contribution in [-0.4, -0.2) is 43.3 Å². The largest absolute Gasteiger partial charge is 0.405 e. The quantitative estimate of drug-likeness (QED) is 0.628. The number of imidazole rings is 1. The molecule has 2 aromatic heterocycles. The molecular formula is C12H12BrF3N6O4. The summed E-state index contributed by atoms with van der Waals surface area (Å²) in [6.07, 6.45) is -4.62. The van der Waals surface area contributed by atoms with Crippen molar-refractivity contribution in [2.75, 3.05) is 6.54 Å². The van der Waals surface area contributed by atoms with Crippen LogP contribution in [0, 0.1) is 0 Å². The Balaban J connectivity index is 2.28. The Morgan fingerprint density at radius 3 is 2.38 bits per heavy atom. The molecule has 0 radical (unpaired) electrons. The fourth-order valence-corrected chi connectivity index (χ4v) is 2.61. The first-order valence-electron chi connectivity index (χ1n) is 6.88. The maximum absolute atomic E-state index is 12.1. The highest BCUT2D eigenvalue weighted by Gasteiger charge is 2.28. The second-order valence-corrected chi connectivity index (χ2v) is 5.90. The number of carbonyl (C=O) groups is 2. The number of nitrogens with one attached hydrogen (secondary N) is 2. The Morgan fingerprint density at radius 1 is 1.19 bits per heavy atom. The number of rotatable bonds is 3. The number of alkyl halides is 3. The lowest BCUT2D eigenvalue weighted by atomic mass is 10.5. The number of fused-ring (bicyclic) bond motifs is 1. The summed E-state index contributed by atoms with van der Waals surface area (Å²) < 4.78 is 39.1. The summed E-state index contributed by atoms with van der Waals surface area (Å²) in [5.74, 6) is -0.974. The smallest absolute Gasteiger partial charge is 0.329 e. The van der Waals surface area contributed by atoms with E-state index in [9.17, 15) is 32.3 Å². The van der Waals surface area contributed by atoms with Gasteiger partial charge in [-0.05, 0) is 15.9 Å². The number of halogens is 4. The van der Waals surface area contributed by atoms with E-state index in [-0.39, 0.29) is 15.9 Å². The minimum atomic E-state index is -4.62. The Hall–Kier alpha value is -2.64. The van der Waals surface area contributed by atoms with Gasteiger partial charge in [0, 0.05) is 14.1 Å². The average molecular weight is 441 g/mol. The minimum Gasteiger partial charge on any atom is -0.329 e. The predicted octanol–water partition coefficient (Wildman–Crippen LogP) is -0.416. The molecule has 0 bridgehead atoms. The molecule has 10 nitrogen and oxygen atoms in total. The lowest BCUT2D eigenvalue weighted by Crippen LogP contribution is -2.44. The molecule has 2 heterocycles. The molecule has 2 N–H and O–H groups in total. The molecule has 0 saturated carbocycles. The van der Waals surface area contributed by atoms with Crippen LogP contribution in [0.5, 0.6) is 0 Å². The van der Waals surface area contributed by atoms with Crippen molar-refractivity contribution in [3.05, 3.63) is 25.6 Å². The van der Waals surface area contributed by atoms with E-state index >= 15 is 0 Å². The van der Waals surface area contributed by atoms with E-state index in [1.807, 2.05) is 0 Å². The highest BCUT2D eigenvalue weighted by Crippen LogP contribution is 2.16. The van der Waals surface area contributed by atoms with Crippen LogP contribution in [0.4, 0.5) is 18.0 Å². The number of aromatic nitrogens is 4. The fraction of sp³-hybridized carbons (Fsp3) is 0.417. The third kappa shape index (κ3) is 3.95. The molecule has 0 saturated heterocycles. The number of aryl methyl sites for hydroxylation is 1. The number of amides is 3. The first-order chi connectivity index (χ1) is 11.9. The van der Waals surface area contributed by atoms with Gasteiger partial charge in [-0.25, -0.2) is 14.6 Å². The lowest BCUT2D eigenvalue weighted by Gasteiger charge is -2.11. The van der Waals surface area contributed by atoms with Gasteiger partial charge in [0.1, 0.15) is 13.1 Å². The first kappa shape index (κ1) is 19.7. The van der Waals surface area contributed by atoms with Crippen LogP contribution in [-0.2, 0) is 25.4 Å². The van der Waals surface area contributed by atoms with Crippen LogP contribution in [0.15, 0.2) is 14.3 Å². The molecule has 0 aliphatic rings. The molecule has 0 spiro atoms. The van der Waals surface area contributed by atoms with Gasteiger partial charge in [0.25, 0.3) is 5.56 Å². The van der Waals surface area contributed by atoms with Crippen LogP contribution < -0.4 is 21.9 Å². The number of carbonyl (C=O) groups excluding carboxylic acids is 2. The predicted molar refractivity (Wildman–Crippen MR) is 85.5 cm³/mol. The molecule has 2 aromatic rings. The summed E-state index contributed by atoms with van der Waals surface area (Å²) in [7, 11) is 2.61. The van der Waals surface area contributed by atoms with Crippen LogP contribution in [0.3, 0.4) is 0 Å². The Bertz CT molecular complexity index is 1010. The van der Waals surface area contributed by atoms with Crippen molar-refractivity contribution in [3.8, 4) is 0 Å². The van der Waals surface area contributed by atoms with E-state index in [1.54, 1.807) is 5.32 Å². The monoisotopic (exact) mass is 440 g/mol. The molecule has 0 atom stereocenters. The Kier molecular flexibility index (Phi) is 5.25. The summed E-state index contributed by atoms with van der Waals surface area (Å²) >= 11 is 3.04. The van der Waals surface area contributed by atoms with Gasteiger partial charge in [-0.1, -0.05) is 0 Å². The maximum Gasteiger partial charge on any atom is 0.405 e. The summed E-state index contributed by atoms with van der Waals surface area (Å²) in [5.41, 5.74) is -1.45. The van der Waals surface area contributed by atoms with Gasteiger partial charge in [-0.2, -0.15) is 13.2 Å². The maximum atomic E-state index is 12.1. The highest BCUT2D eigenvalue weighted by atomic mass is 79.9. The van der Waals surface area contributed by atoms with Crippen molar-refractivity contribution in [2.45, 2.75) is 12.7 Å². The van der Waals surface area contributed by atoms with E-state index in [2.05, 4.69) is 20.9 Å². The van der Waals surface area contributed by atoms with Crippen LogP contribution >= 0.6 is 15.9 Å². The zero-order valence-electron chi connectivity index (χ0n) is 13.3. The zero-order valence-corrected chi connectivity index (χ0v) is 14.9. The van der Waals surface area contributed by atoms with E-state index in [1.165, 1.54) is 19.4 Å². The molecule has 0 aliphatic carbocycles. The molecule has 3 amide bonds. The topological polar surface area (TPSA) is 120 Å². The number of hydrogen-bond acceptors (Lipinski definition) is 5. The van der Waals surface area contributed by atoms with E-state index < -0.39 is 42.5 Å². The molecule has 0 aliphatic heterocycles. The van der Waals surface area contributed by atoms with Gasteiger partial charge in [0.15, 0.2) is 15.9 Å². The second kappa shape index (κ2) is 6.93. The Labute approximate surface area is 150 Å². The van der Waals surface area contributed by atoms with Gasteiger partial charge < -0.3 is 5.32 Å². The molecule has 0 unspecified atom stereocenters. The van der Waals surface area contributed by atoms with E-state index in [0.717, 1.165) is 13.7 Å². The molecule has 14 heteroatoms. The summed E-state index contributed by atoms with van der Waals surface area (Å²) in [4.78, 5) is 51.2. The fourth-order valence-electron chi connectivity index (χ4n) is 2.14. The van der Waals surface area contributed by atoms with Gasteiger partial charge >= 0.3 is 17.9 Å². The third-order valence-electron chi connectivity index (χ3n) is 3.30. The molecule has 26 heavy (non-hydrogen) atoms. The number of imide groups is 1. The number of nitrogens with zero attached hydrogens (tertiary/aromatic N) is 4. The first-order valence-corrected chi connectivity index (χ1v) is 7.68. The molecule has 142 valence electrons. The Morgan fingerprint density at radius 2 is 1.81 bits per heavy atom. The van der Waals surface area contributed by atoms with Crippen molar-refractivity contribution in [1.29, 1.82) is 0 Å². The van der Waals surface area contributed by atoms with Crippen molar-refractivity contribution >= 4 is 39.0 Å². The van der Waals surface area contributed by atoms with Crippen LogP contribution in [0.25, 0.3) is 11.2 Å². The third-order valence-corrected chi connectivity index (χ3v) is 3.90. The standard InChI is InChI=1S/C12H12BrF3N6O4/c1-20-7-6(8(24)21(2)11(20)26)19-9(13)22(7)3-5(23)18-10(25)17-4-12(14,15)16/h3-4H2,1-2H3,(H2,17,18,23,25). The van der Waals surface area contributed by atoms with Crippen molar-refractivity contribution < 1.29 is 22.8 Å². The van der Waals surface area contributed by atoms with Gasteiger partial charge in [0.2, 0.25) is 5.91 Å². The van der Waals surface area contributed by atoms with Crippen LogP contribution in [0.2, 0.25) is 0 Å². The number of urea groups is 1. The normalized spacial score (nSPS) is 11.6. The van der Waals surface area contributed by atoms with E-state index in [0.29, 0.717) is 0 Å². The summed E-state index contributed by atoms with van der Waals surface area (Å²) in [6.45, 7) is -2.18. The van der Waals surface area contributed by atoms with E-state index in [4.69, 9.17) is 0 Å². The molecule has 0 fully saturated rings. The molecule has 0 aromatic carbocycles.